The number of rotatable bonds is 1. The Morgan fingerprint density at radius 3 is 2.60 bits per heavy atom. The van der Waals surface area contributed by atoms with Gasteiger partial charge >= 0.3 is 5.97 Å². The Morgan fingerprint density at radius 1 is 1.70 bits per heavy atom. The maximum atomic E-state index is 10.7. The molecule has 0 saturated heterocycles. The van der Waals surface area contributed by atoms with Crippen molar-refractivity contribution in [1.29, 1.82) is 0 Å². The van der Waals surface area contributed by atoms with Gasteiger partial charge in [-0.25, -0.2) is 0 Å². The highest BCUT2D eigenvalue weighted by Crippen LogP contribution is 2.62. The molecule has 0 spiro atoms. The van der Waals surface area contributed by atoms with Crippen molar-refractivity contribution >= 4 is 5.97 Å². The molecule has 2 saturated carbocycles. The van der Waals surface area contributed by atoms with Crippen LogP contribution < -0.4 is 5.73 Å². The van der Waals surface area contributed by atoms with Gasteiger partial charge in [0.25, 0.3) is 0 Å². The molecule has 0 amide bonds. The average Bonchev–Trinajstić information content (AvgIpc) is 2.52. The normalized spacial score (nSPS) is 50.5. The third kappa shape index (κ3) is 0.515. The van der Waals surface area contributed by atoms with Gasteiger partial charge in [0.2, 0.25) is 0 Å². The summed E-state index contributed by atoms with van der Waals surface area (Å²) in [7, 11) is 0. The first-order valence-corrected chi connectivity index (χ1v) is 3.66. The number of hydrogen-bond acceptors (Lipinski definition) is 2. The molecule has 0 aromatic rings. The van der Waals surface area contributed by atoms with E-state index >= 15 is 0 Å². The number of carbonyl (C=O) groups is 1. The summed E-state index contributed by atoms with van der Waals surface area (Å²) in [5, 5.41) is 8.78. The van der Waals surface area contributed by atoms with Crippen LogP contribution >= 0.6 is 0 Å². The van der Waals surface area contributed by atoms with E-state index in [0.717, 1.165) is 19.3 Å². The number of nitrogens with two attached hydrogens (primary N) is 1. The summed E-state index contributed by atoms with van der Waals surface area (Å²) in [6.45, 7) is 0. The van der Waals surface area contributed by atoms with Crippen LogP contribution in [-0.2, 0) is 4.79 Å². The summed E-state index contributed by atoms with van der Waals surface area (Å²) in [4.78, 5) is 10.7. The van der Waals surface area contributed by atoms with Crippen LogP contribution in [0.3, 0.4) is 0 Å². The van der Waals surface area contributed by atoms with Gasteiger partial charge in [-0.1, -0.05) is 0 Å². The third-order valence-electron chi connectivity index (χ3n) is 3.00. The average molecular weight is 141 g/mol. The monoisotopic (exact) mass is 141 g/mol. The first-order valence-electron chi connectivity index (χ1n) is 3.66. The number of fused-ring (bicyclic) bond motifs is 1. The molecule has 0 aromatic carbocycles. The smallest absolute Gasteiger partial charge is 0.309 e. The molecule has 10 heavy (non-hydrogen) atoms. The zero-order valence-electron chi connectivity index (χ0n) is 5.71. The fourth-order valence-electron chi connectivity index (χ4n) is 2.16. The molecule has 3 N–H and O–H groups in total. The van der Waals surface area contributed by atoms with Gasteiger partial charge in [-0.2, -0.15) is 0 Å². The highest BCUT2D eigenvalue weighted by Gasteiger charge is 2.65. The number of carboxylic acid groups (broad SMARTS) is 1. The highest BCUT2D eigenvalue weighted by molar-refractivity contribution is 5.79. The standard InChI is InChI=1S/C7H11NO2/c8-5-1-2-7(6(9)10)3-4(5)7/h4-5H,1-3,8H2,(H,9,10)/t4-,5-,7+/m0/s1. The van der Waals surface area contributed by atoms with Gasteiger partial charge in [0.1, 0.15) is 0 Å². The van der Waals surface area contributed by atoms with E-state index < -0.39 is 5.97 Å². The Balaban J connectivity index is 2.18. The van der Waals surface area contributed by atoms with Crippen LogP contribution in [0.5, 0.6) is 0 Å². The number of carboxylic acids is 1. The molecule has 2 aliphatic rings. The van der Waals surface area contributed by atoms with E-state index in [1.54, 1.807) is 0 Å². The summed E-state index contributed by atoms with van der Waals surface area (Å²) in [6.07, 6.45) is 2.52. The SMILES string of the molecule is N[C@H]1CC[C@@]2(C(=O)O)C[C@@H]12. The lowest BCUT2D eigenvalue weighted by Crippen LogP contribution is -2.20. The van der Waals surface area contributed by atoms with Crippen molar-refractivity contribution in [2.45, 2.75) is 25.3 Å². The summed E-state index contributed by atoms with van der Waals surface area (Å²) in [5.41, 5.74) is 5.30. The van der Waals surface area contributed by atoms with Gasteiger partial charge in [0, 0.05) is 6.04 Å². The maximum absolute atomic E-state index is 10.7. The first-order chi connectivity index (χ1) is 4.67. The van der Waals surface area contributed by atoms with Gasteiger partial charge in [-0.3, -0.25) is 4.79 Å². The van der Waals surface area contributed by atoms with Gasteiger partial charge in [-0.15, -0.1) is 0 Å². The Kier molecular flexibility index (Phi) is 0.944. The molecule has 0 unspecified atom stereocenters. The molecule has 2 fully saturated rings. The molecule has 0 aliphatic heterocycles. The molecule has 2 aliphatic carbocycles. The van der Waals surface area contributed by atoms with E-state index in [1.807, 2.05) is 0 Å². The van der Waals surface area contributed by atoms with Crippen LogP contribution in [0.4, 0.5) is 0 Å². The molecular weight excluding hydrogens is 130 g/mol. The fraction of sp³-hybridized carbons (Fsp3) is 0.857. The zero-order valence-corrected chi connectivity index (χ0v) is 5.71. The second-order valence-corrected chi connectivity index (χ2v) is 3.47. The van der Waals surface area contributed by atoms with E-state index in [4.69, 9.17) is 10.8 Å². The van der Waals surface area contributed by atoms with Gasteiger partial charge in [-0.05, 0) is 25.2 Å². The van der Waals surface area contributed by atoms with Crippen molar-refractivity contribution in [3.8, 4) is 0 Å². The molecule has 3 nitrogen and oxygen atoms in total. The van der Waals surface area contributed by atoms with Crippen LogP contribution in [-0.4, -0.2) is 17.1 Å². The van der Waals surface area contributed by atoms with Crippen molar-refractivity contribution in [3.63, 3.8) is 0 Å². The quantitative estimate of drug-likeness (QED) is 0.548. The van der Waals surface area contributed by atoms with Crippen molar-refractivity contribution in [2.24, 2.45) is 17.1 Å². The summed E-state index contributed by atoms with van der Waals surface area (Å²) < 4.78 is 0. The molecule has 0 radical (unpaired) electrons. The van der Waals surface area contributed by atoms with E-state index in [0.29, 0.717) is 5.92 Å². The van der Waals surface area contributed by atoms with E-state index in [9.17, 15) is 4.79 Å². The lowest BCUT2D eigenvalue weighted by Gasteiger charge is -2.01. The molecule has 0 heterocycles. The highest BCUT2D eigenvalue weighted by atomic mass is 16.4. The van der Waals surface area contributed by atoms with Crippen LogP contribution in [0.2, 0.25) is 0 Å². The lowest BCUT2D eigenvalue weighted by atomic mass is 10.1. The van der Waals surface area contributed by atoms with E-state index in [-0.39, 0.29) is 11.5 Å². The topological polar surface area (TPSA) is 63.3 Å². The minimum atomic E-state index is -0.634. The van der Waals surface area contributed by atoms with Crippen LogP contribution in [0.15, 0.2) is 0 Å². The van der Waals surface area contributed by atoms with Crippen molar-refractivity contribution in [1.82, 2.24) is 0 Å². The van der Waals surface area contributed by atoms with Crippen LogP contribution in [0, 0.1) is 11.3 Å². The maximum Gasteiger partial charge on any atom is 0.309 e. The Hall–Kier alpha value is -0.570. The zero-order chi connectivity index (χ0) is 7.35. The predicted octanol–water partition coefficient (Wildman–Crippen LogP) is 0.198. The molecule has 2 rings (SSSR count). The van der Waals surface area contributed by atoms with Crippen molar-refractivity contribution in [2.75, 3.05) is 0 Å². The summed E-state index contributed by atoms with van der Waals surface area (Å²) in [6, 6.07) is 0.163. The van der Waals surface area contributed by atoms with E-state index in [2.05, 4.69) is 0 Å². The molecule has 3 heteroatoms. The minimum absolute atomic E-state index is 0.163. The third-order valence-corrected chi connectivity index (χ3v) is 3.00. The number of hydrogen-bond donors (Lipinski definition) is 2. The molecule has 0 bridgehead atoms. The Bertz CT molecular complexity index is 192. The van der Waals surface area contributed by atoms with Crippen LogP contribution in [0.25, 0.3) is 0 Å². The number of aliphatic carboxylic acids is 1. The van der Waals surface area contributed by atoms with Gasteiger partial charge in [0.05, 0.1) is 5.41 Å². The Labute approximate surface area is 59.2 Å². The predicted molar refractivity (Wildman–Crippen MR) is 35.4 cm³/mol. The fourth-order valence-corrected chi connectivity index (χ4v) is 2.16. The molecule has 3 atom stereocenters. The second-order valence-electron chi connectivity index (χ2n) is 3.47. The van der Waals surface area contributed by atoms with Crippen molar-refractivity contribution in [3.05, 3.63) is 0 Å². The van der Waals surface area contributed by atoms with Gasteiger partial charge in [0.15, 0.2) is 0 Å². The summed E-state index contributed by atoms with van der Waals surface area (Å²) >= 11 is 0. The Morgan fingerprint density at radius 2 is 2.40 bits per heavy atom. The second kappa shape index (κ2) is 1.53. The van der Waals surface area contributed by atoms with Gasteiger partial charge < -0.3 is 10.8 Å². The minimum Gasteiger partial charge on any atom is -0.481 e. The first kappa shape index (κ1) is 6.16. The van der Waals surface area contributed by atoms with Crippen molar-refractivity contribution < 1.29 is 9.90 Å². The van der Waals surface area contributed by atoms with Crippen LogP contribution in [0.1, 0.15) is 19.3 Å². The lowest BCUT2D eigenvalue weighted by molar-refractivity contribution is -0.143. The summed E-state index contributed by atoms with van der Waals surface area (Å²) in [5.74, 6) is -0.338. The largest absolute Gasteiger partial charge is 0.481 e. The molecule has 56 valence electrons. The molecule has 0 aromatic heterocycles. The molecular formula is C7H11NO2. The van der Waals surface area contributed by atoms with E-state index in [1.165, 1.54) is 0 Å².